The summed E-state index contributed by atoms with van der Waals surface area (Å²) in [5, 5.41) is 12.0. The molecule has 0 radical (unpaired) electrons. The van der Waals surface area contributed by atoms with E-state index in [-0.39, 0.29) is 0 Å². The van der Waals surface area contributed by atoms with Crippen molar-refractivity contribution in [3.8, 4) is 18.4 Å². The Labute approximate surface area is 74.0 Å². The van der Waals surface area contributed by atoms with E-state index in [2.05, 4.69) is 17.3 Å². The molecule has 1 unspecified atom stereocenters. The molecule has 1 aliphatic carbocycles. The minimum Gasteiger partial charge on any atom is -0.289 e. The average Bonchev–Trinajstić information content (AvgIpc) is 2.85. The first kappa shape index (κ1) is 9.10. The van der Waals surface area contributed by atoms with Crippen molar-refractivity contribution < 1.29 is 0 Å². The Balaban J connectivity index is 2.38. The monoisotopic (exact) mass is 162 g/mol. The minimum atomic E-state index is -0.409. The lowest BCUT2D eigenvalue weighted by molar-refractivity contribution is 0.417. The smallest absolute Gasteiger partial charge is 0.104 e. The number of nitrogens with zero attached hydrogens (tertiary/aromatic N) is 1. The summed E-state index contributed by atoms with van der Waals surface area (Å²) < 4.78 is 0. The quantitative estimate of drug-likeness (QED) is 0.632. The lowest BCUT2D eigenvalue weighted by Crippen LogP contribution is -2.41. The molecule has 64 valence electrons. The van der Waals surface area contributed by atoms with Gasteiger partial charge in [0, 0.05) is 0 Å². The Bertz CT molecular complexity index is 229. The first-order valence-corrected chi connectivity index (χ1v) is 4.30. The second-order valence-corrected chi connectivity index (χ2v) is 3.65. The van der Waals surface area contributed by atoms with E-state index < -0.39 is 5.54 Å². The van der Waals surface area contributed by atoms with Crippen molar-refractivity contribution in [2.24, 2.45) is 5.92 Å². The highest BCUT2D eigenvalue weighted by atomic mass is 15.0. The van der Waals surface area contributed by atoms with E-state index >= 15 is 0 Å². The van der Waals surface area contributed by atoms with Crippen molar-refractivity contribution in [1.29, 1.82) is 5.26 Å². The van der Waals surface area contributed by atoms with Crippen molar-refractivity contribution in [3.05, 3.63) is 0 Å². The van der Waals surface area contributed by atoms with Crippen LogP contribution in [0.5, 0.6) is 0 Å². The molecular formula is C10H14N2. The third kappa shape index (κ3) is 2.57. The molecule has 12 heavy (non-hydrogen) atoms. The second-order valence-electron chi connectivity index (χ2n) is 3.65. The van der Waals surface area contributed by atoms with Crippen LogP contribution in [0.3, 0.4) is 0 Å². The number of nitrogens with one attached hydrogen (secondary N) is 1. The predicted octanol–water partition coefficient (Wildman–Crippen LogP) is 1.29. The second kappa shape index (κ2) is 3.61. The van der Waals surface area contributed by atoms with E-state index in [0.717, 1.165) is 12.3 Å². The van der Waals surface area contributed by atoms with Gasteiger partial charge >= 0.3 is 0 Å². The SMILES string of the molecule is C#CCNC(C)(C#N)CC1CC1. The summed E-state index contributed by atoms with van der Waals surface area (Å²) in [4.78, 5) is 0. The highest BCUT2D eigenvalue weighted by Crippen LogP contribution is 2.36. The molecule has 0 bridgehead atoms. The van der Waals surface area contributed by atoms with Crippen LogP contribution in [0.15, 0.2) is 0 Å². The number of terminal acetylenes is 1. The van der Waals surface area contributed by atoms with Crippen molar-refractivity contribution in [2.75, 3.05) is 6.54 Å². The van der Waals surface area contributed by atoms with E-state index in [1.54, 1.807) is 0 Å². The highest BCUT2D eigenvalue weighted by molar-refractivity contribution is 5.08. The van der Waals surface area contributed by atoms with Crippen LogP contribution in [0.4, 0.5) is 0 Å². The summed E-state index contributed by atoms with van der Waals surface area (Å²) in [6.07, 6.45) is 8.60. The summed E-state index contributed by atoms with van der Waals surface area (Å²) in [5.74, 6) is 3.24. The Hall–Kier alpha value is -0.990. The number of hydrogen-bond donors (Lipinski definition) is 1. The van der Waals surface area contributed by atoms with Gasteiger partial charge in [-0.3, -0.25) is 5.32 Å². The standard InChI is InChI=1S/C10H14N2/c1-3-6-12-10(2,8-11)7-9-4-5-9/h1,9,12H,4-7H2,2H3. The summed E-state index contributed by atoms with van der Waals surface area (Å²) in [6.45, 7) is 2.40. The van der Waals surface area contributed by atoms with Crippen LogP contribution in [-0.2, 0) is 0 Å². The molecule has 0 saturated heterocycles. The molecule has 0 aromatic carbocycles. The van der Waals surface area contributed by atoms with Crippen molar-refractivity contribution >= 4 is 0 Å². The molecule has 1 saturated carbocycles. The number of nitriles is 1. The van der Waals surface area contributed by atoms with Crippen LogP contribution in [0, 0.1) is 29.6 Å². The van der Waals surface area contributed by atoms with E-state index in [1.807, 2.05) is 6.92 Å². The molecule has 1 rings (SSSR count). The van der Waals surface area contributed by atoms with Crippen LogP contribution in [0.1, 0.15) is 26.2 Å². The topological polar surface area (TPSA) is 35.8 Å². The maximum Gasteiger partial charge on any atom is 0.104 e. The molecule has 0 aromatic rings. The van der Waals surface area contributed by atoms with Gasteiger partial charge in [0.25, 0.3) is 0 Å². The summed E-state index contributed by atoms with van der Waals surface area (Å²) in [7, 11) is 0. The Morgan fingerprint density at radius 3 is 2.75 bits per heavy atom. The predicted molar refractivity (Wildman–Crippen MR) is 48.2 cm³/mol. The van der Waals surface area contributed by atoms with Gasteiger partial charge in [-0.05, 0) is 19.3 Å². The molecule has 2 heteroatoms. The summed E-state index contributed by atoms with van der Waals surface area (Å²) in [5.41, 5.74) is -0.409. The maximum absolute atomic E-state index is 8.91. The largest absolute Gasteiger partial charge is 0.289 e. The van der Waals surface area contributed by atoms with Gasteiger partial charge in [0.05, 0.1) is 12.6 Å². The summed E-state index contributed by atoms with van der Waals surface area (Å²) in [6, 6.07) is 2.28. The van der Waals surface area contributed by atoms with Gasteiger partial charge in [0.15, 0.2) is 0 Å². The molecule has 0 amide bonds. The highest BCUT2D eigenvalue weighted by Gasteiger charge is 2.32. The molecule has 0 aromatic heterocycles. The molecule has 1 atom stereocenters. The lowest BCUT2D eigenvalue weighted by atomic mass is 9.97. The molecule has 1 fully saturated rings. The zero-order valence-corrected chi connectivity index (χ0v) is 7.43. The van der Waals surface area contributed by atoms with Gasteiger partial charge in [-0.2, -0.15) is 5.26 Å². The molecule has 0 spiro atoms. The fraction of sp³-hybridized carbons (Fsp3) is 0.700. The minimum absolute atomic E-state index is 0.409. The van der Waals surface area contributed by atoms with Crippen LogP contribution < -0.4 is 5.32 Å². The lowest BCUT2D eigenvalue weighted by Gasteiger charge is -2.21. The van der Waals surface area contributed by atoms with Crippen molar-refractivity contribution in [3.63, 3.8) is 0 Å². The van der Waals surface area contributed by atoms with Gasteiger partial charge in [0.1, 0.15) is 5.54 Å². The fourth-order valence-corrected chi connectivity index (χ4v) is 1.30. The van der Waals surface area contributed by atoms with E-state index in [0.29, 0.717) is 6.54 Å². The Morgan fingerprint density at radius 1 is 1.67 bits per heavy atom. The normalized spacial score (nSPS) is 20.6. The maximum atomic E-state index is 8.91. The van der Waals surface area contributed by atoms with Gasteiger partial charge in [-0.15, -0.1) is 6.42 Å². The molecular weight excluding hydrogens is 148 g/mol. The third-order valence-electron chi connectivity index (χ3n) is 2.22. The number of hydrogen-bond acceptors (Lipinski definition) is 2. The first-order chi connectivity index (χ1) is 5.70. The van der Waals surface area contributed by atoms with Crippen molar-refractivity contribution in [2.45, 2.75) is 31.7 Å². The van der Waals surface area contributed by atoms with Crippen LogP contribution >= 0.6 is 0 Å². The summed E-state index contributed by atoms with van der Waals surface area (Å²) >= 11 is 0. The van der Waals surface area contributed by atoms with Gasteiger partial charge in [-0.1, -0.05) is 18.8 Å². The van der Waals surface area contributed by atoms with E-state index in [1.165, 1.54) is 12.8 Å². The zero-order valence-electron chi connectivity index (χ0n) is 7.43. The zero-order chi connectivity index (χ0) is 9.03. The molecule has 1 N–H and O–H groups in total. The molecule has 2 nitrogen and oxygen atoms in total. The van der Waals surface area contributed by atoms with Gasteiger partial charge < -0.3 is 0 Å². The molecule has 0 heterocycles. The first-order valence-electron chi connectivity index (χ1n) is 4.30. The average molecular weight is 162 g/mol. The van der Waals surface area contributed by atoms with E-state index in [9.17, 15) is 0 Å². The fourth-order valence-electron chi connectivity index (χ4n) is 1.30. The van der Waals surface area contributed by atoms with Gasteiger partial charge in [-0.25, -0.2) is 0 Å². The third-order valence-corrected chi connectivity index (χ3v) is 2.22. The van der Waals surface area contributed by atoms with Crippen molar-refractivity contribution in [1.82, 2.24) is 5.32 Å². The van der Waals surface area contributed by atoms with Crippen LogP contribution in [-0.4, -0.2) is 12.1 Å². The Morgan fingerprint density at radius 2 is 2.33 bits per heavy atom. The van der Waals surface area contributed by atoms with Crippen LogP contribution in [0.2, 0.25) is 0 Å². The van der Waals surface area contributed by atoms with Crippen LogP contribution in [0.25, 0.3) is 0 Å². The van der Waals surface area contributed by atoms with E-state index in [4.69, 9.17) is 11.7 Å². The number of rotatable bonds is 4. The molecule has 1 aliphatic rings. The Kier molecular flexibility index (Phi) is 2.74. The van der Waals surface area contributed by atoms with Gasteiger partial charge in [0.2, 0.25) is 0 Å². The molecule has 0 aliphatic heterocycles.